The highest BCUT2D eigenvalue weighted by Gasteiger charge is 2.25. The zero-order chi connectivity index (χ0) is 22.8. The lowest BCUT2D eigenvalue weighted by atomic mass is 10.1. The maximum absolute atomic E-state index is 13.7. The van der Waals surface area contributed by atoms with Crippen molar-refractivity contribution in [3.05, 3.63) is 81.1 Å². The van der Waals surface area contributed by atoms with E-state index in [0.29, 0.717) is 46.1 Å². The Morgan fingerprint density at radius 1 is 1.16 bits per heavy atom. The lowest BCUT2D eigenvalue weighted by molar-refractivity contribution is 0.0722. The molecule has 1 aromatic carbocycles. The van der Waals surface area contributed by atoms with E-state index in [1.54, 1.807) is 22.1 Å². The van der Waals surface area contributed by atoms with Gasteiger partial charge in [0.1, 0.15) is 10.6 Å². The van der Waals surface area contributed by atoms with Crippen LogP contribution in [0, 0.1) is 6.92 Å². The average Bonchev–Trinajstić information content (AvgIpc) is 3.41. The minimum Gasteiger partial charge on any atom is -0.467 e. The standard InChI is InChI=1S/C24H26N4O3S/c1-5-27-15-25-22-20(23(27)29)16(2)21(32-22)24(30)28(14-19-7-6-12-31-19)13-17-8-10-18(11-9-17)26(3)4/h6-12,15H,5,13-14H2,1-4H3. The molecule has 0 fully saturated rings. The number of carbonyl (C=O) groups is 1. The summed E-state index contributed by atoms with van der Waals surface area (Å²) in [6.07, 6.45) is 3.15. The van der Waals surface area contributed by atoms with Crippen LogP contribution in [0.25, 0.3) is 10.2 Å². The minimum atomic E-state index is -0.138. The lowest BCUT2D eigenvalue weighted by Gasteiger charge is -2.22. The monoisotopic (exact) mass is 450 g/mol. The molecule has 0 saturated heterocycles. The molecule has 32 heavy (non-hydrogen) atoms. The Kier molecular flexibility index (Phi) is 6.14. The molecule has 4 aromatic rings. The molecule has 0 aliphatic rings. The van der Waals surface area contributed by atoms with Crippen molar-refractivity contribution in [2.45, 2.75) is 33.5 Å². The number of furan rings is 1. The first-order chi connectivity index (χ1) is 15.4. The summed E-state index contributed by atoms with van der Waals surface area (Å²) in [5.74, 6) is 0.564. The average molecular weight is 451 g/mol. The fourth-order valence-corrected chi connectivity index (χ4v) is 4.75. The van der Waals surface area contributed by atoms with Gasteiger partial charge in [0.05, 0.1) is 29.4 Å². The van der Waals surface area contributed by atoms with Gasteiger partial charge in [0.2, 0.25) is 0 Å². The summed E-state index contributed by atoms with van der Waals surface area (Å²) >= 11 is 1.27. The molecule has 1 amide bonds. The molecule has 0 spiro atoms. The predicted octanol–water partition coefficient (Wildman–Crippen LogP) is 4.29. The van der Waals surface area contributed by atoms with E-state index in [2.05, 4.69) is 4.98 Å². The van der Waals surface area contributed by atoms with Crippen LogP contribution in [0.3, 0.4) is 0 Å². The van der Waals surface area contributed by atoms with Crippen molar-refractivity contribution in [3.63, 3.8) is 0 Å². The molecule has 8 heteroatoms. The maximum Gasteiger partial charge on any atom is 0.265 e. The van der Waals surface area contributed by atoms with Crippen LogP contribution < -0.4 is 10.5 Å². The Morgan fingerprint density at radius 2 is 1.91 bits per heavy atom. The summed E-state index contributed by atoms with van der Waals surface area (Å²) in [5, 5.41) is 0.524. The van der Waals surface area contributed by atoms with Gasteiger partial charge < -0.3 is 14.2 Å². The van der Waals surface area contributed by atoms with Crippen LogP contribution in [0.15, 0.2) is 58.2 Å². The molecule has 0 atom stereocenters. The van der Waals surface area contributed by atoms with E-state index in [0.717, 1.165) is 11.3 Å². The van der Waals surface area contributed by atoms with E-state index in [-0.39, 0.29) is 11.5 Å². The van der Waals surface area contributed by atoms with Crippen LogP contribution in [-0.4, -0.2) is 34.5 Å². The van der Waals surface area contributed by atoms with Crippen molar-refractivity contribution >= 4 is 33.1 Å². The summed E-state index contributed by atoms with van der Waals surface area (Å²) < 4.78 is 7.07. The Labute approximate surface area is 190 Å². The number of hydrogen-bond donors (Lipinski definition) is 0. The number of nitrogens with zero attached hydrogens (tertiary/aromatic N) is 4. The van der Waals surface area contributed by atoms with Gasteiger partial charge in [-0.1, -0.05) is 12.1 Å². The van der Waals surface area contributed by atoms with E-state index >= 15 is 0 Å². The smallest absolute Gasteiger partial charge is 0.265 e. The van der Waals surface area contributed by atoms with E-state index in [9.17, 15) is 9.59 Å². The van der Waals surface area contributed by atoms with E-state index in [1.165, 1.54) is 11.3 Å². The number of aryl methyl sites for hydroxylation is 2. The van der Waals surface area contributed by atoms with Crippen molar-refractivity contribution in [3.8, 4) is 0 Å². The molecule has 3 aromatic heterocycles. The minimum absolute atomic E-state index is 0.109. The molecule has 0 saturated carbocycles. The normalized spacial score (nSPS) is 11.1. The van der Waals surface area contributed by atoms with Crippen LogP contribution in [0.1, 0.15) is 33.5 Å². The third-order valence-electron chi connectivity index (χ3n) is 5.49. The van der Waals surface area contributed by atoms with Gasteiger partial charge in [-0.15, -0.1) is 11.3 Å². The zero-order valence-electron chi connectivity index (χ0n) is 18.7. The fraction of sp³-hybridized carbons (Fsp3) is 0.292. The van der Waals surface area contributed by atoms with Crippen LogP contribution in [0.4, 0.5) is 5.69 Å². The SMILES string of the molecule is CCn1cnc2sc(C(=O)N(Cc3ccc(N(C)C)cc3)Cc3ccco3)c(C)c2c1=O. The first-order valence-electron chi connectivity index (χ1n) is 10.5. The lowest BCUT2D eigenvalue weighted by Crippen LogP contribution is -2.30. The highest BCUT2D eigenvalue weighted by Crippen LogP contribution is 2.29. The van der Waals surface area contributed by atoms with Crippen molar-refractivity contribution in [2.75, 3.05) is 19.0 Å². The van der Waals surface area contributed by atoms with E-state index in [4.69, 9.17) is 4.42 Å². The summed E-state index contributed by atoms with van der Waals surface area (Å²) in [6.45, 7) is 5.02. The topological polar surface area (TPSA) is 71.6 Å². The number of thiophene rings is 1. The Balaban J connectivity index is 1.70. The number of hydrogen-bond acceptors (Lipinski definition) is 6. The number of fused-ring (bicyclic) bond motifs is 1. The maximum atomic E-state index is 13.7. The Morgan fingerprint density at radius 3 is 2.53 bits per heavy atom. The molecule has 7 nitrogen and oxygen atoms in total. The number of carbonyl (C=O) groups excluding carboxylic acids is 1. The molecule has 0 N–H and O–H groups in total. The molecule has 3 heterocycles. The van der Waals surface area contributed by atoms with Crippen molar-refractivity contribution in [1.29, 1.82) is 0 Å². The van der Waals surface area contributed by atoms with Crippen LogP contribution in [0.5, 0.6) is 0 Å². The van der Waals surface area contributed by atoms with Crippen LogP contribution in [-0.2, 0) is 19.6 Å². The van der Waals surface area contributed by atoms with Crippen molar-refractivity contribution in [1.82, 2.24) is 14.5 Å². The van der Waals surface area contributed by atoms with E-state index in [1.807, 2.05) is 69.2 Å². The molecule has 0 aliphatic heterocycles. The fourth-order valence-electron chi connectivity index (χ4n) is 3.64. The van der Waals surface area contributed by atoms with E-state index < -0.39 is 0 Å². The Bertz CT molecular complexity index is 1290. The first kappa shape index (κ1) is 21.8. The summed E-state index contributed by atoms with van der Waals surface area (Å²) in [5.41, 5.74) is 2.68. The summed E-state index contributed by atoms with van der Waals surface area (Å²) in [4.78, 5) is 35.8. The van der Waals surface area contributed by atoms with Crippen LogP contribution >= 0.6 is 11.3 Å². The predicted molar refractivity (Wildman–Crippen MR) is 127 cm³/mol. The number of aromatic nitrogens is 2. The molecule has 166 valence electrons. The van der Waals surface area contributed by atoms with Gasteiger partial charge in [-0.25, -0.2) is 4.98 Å². The molecular weight excluding hydrogens is 424 g/mol. The molecule has 0 bridgehead atoms. The molecule has 0 radical (unpaired) electrons. The molecule has 4 rings (SSSR count). The van der Waals surface area contributed by atoms with Crippen molar-refractivity contribution < 1.29 is 9.21 Å². The largest absolute Gasteiger partial charge is 0.467 e. The van der Waals surface area contributed by atoms with Gasteiger partial charge in [0.15, 0.2) is 0 Å². The van der Waals surface area contributed by atoms with Gasteiger partial charge in [-0.3, -0.25) is 14.2 Å². The Hall–Kier alpha value is -3.39. The molecule has 0 aliphatic carbocycles. The third kappa shape index (κ3) is 4.18. The van der Waals surface area contributed by atoms with Gasteiger partial charge in [-0.2, -0.15) is 0 Å². The second-order valence-electron chi connectivity index (χ2n) is 7.87. The second kappa shape index (κ2) is 9.00. The first-order valence-corrected chi connectivity index (χ1v) is 11.3. The quantitative estimate of drug-likeness (QED) is 0.420. The number of amides is 1. The van der Waals surface area contributed by atoms with Gasteiger partial charge in [0.25, 0.3) is 11.5 Å². The number of benzene rings is 1. The van der Waals surface area contributed by atoms with Crippen LogP contribution in [0.2, 0.25) is 0 Å². The summed E-state index contributed by atoms with van der Waals surface area (Å²) in [7, 11) is 3.99. The van der Waals surface area contributed by atoms with Gasteiger partial charge in [0, 0.05) is 32.9 Å². The second-order valence-corrected chi connectivity index (χ2v) is 8.87. The summed E-state index contributed by atoms with van der Waals surface area (Å²) in [6, 6.07) is 11.8. The van der Waals surface area contributed by atoms with Gasteiger partial charge >= 0.3 is 0 Å². The highest BCUT2D eigenvalue weighted by atomic mass is 32.1. The molecular formula is C24H26N4O3S. The van der Waals surface area contributed by atoms with Gasteiger partial charge in [-0.05, 0) is 49.2 Å². The molecule has 0 unspecified atom stereocenters. The zero-order valence-corrected chi connectivity index (χ0v) is 19.5. The third-order valence-corrected chi connectivity index (χ3v) is 6.68. The highest BCUT2D eigenvalue weighted by molar-refractivity contribution is 7.20. The van der Waals surface area contributed by atoms with Crippen molar-refractivity contribution in [2.24, 2.45) is 0 Å². The number of rotatable bonds is 7. The number of anilines is 1.